The third-order valence-electron chi connectivity index (χ3n) is 2.57. The lowest BCUT2D eigenvalue weighted by Gasteiger charge is -2.05. The molecule has 0 fully saturated rings. The van der Waals surface area contributed by atoms with Crippen LogP contribution in [0, 0.1) is 12.8 Å². The largest absolute Gasteiger partial charge is 0.351 e. The Hall–Kier alpha value is -1.20. The van der Waals surface area contributed by atoms with Gasteiger partial charge in [-0.25, -0.2) is 4.98 Å². The molecule has 2 rings (SSSR count). The van der Waals surface area contributed by atoms with Gasteiger partial charge in [-0.2, -0.15) is 0 Å². The SMILES string of the molecule is Cc1nc(-c2cccs2)sc1CNC(=O)C(C)C. The zero-order valence-electron chi connectivity index (χ0n) is 10.7. The van der Waals surface area contributed by atoms with Crippen molar-refractivity contribution in [2.45, 2.75) is 27.3 Å². The monoisotopic (exact) mass is 280 g/mol. The third-order valence-corrected chi connectivity index (χ3v) is 4.77. The van der Waals surface area contributed by atoms with Crippen LogP contribution in [0.2, 0.25) is 0 Å². The average Bonchev–Trinajstić information content (AvgIpc) is 2.94. The van der Waals surface area contributed by atoms with E-state index in [2.05, 4.69) is 16.4 Å². The molecule has 96 valence electrons. The van der Waals surface area contributed by atoms with E-state index >= 15 is 0 Å². The number of thiazole rings is 1. The van der Waals surface area contributed by atoms with Crippen molar-refractivity contribution in [3.63, 3.8) is 0 Å². The molecule has 0 bridgehead atoms. The van der Waals surface area contributed by atoms with Crippen LogP contribution in [-0.2, 0) is 11.3 Å². The molecule has 0 aliphatic rings. The summed E-state index contributed by atoms with van der Waals surface area (Å²) in [6, 6.07) is 4.09. The van der Waals surface area contributed by atoms with Crippen LogP contribution in [-0.4, -0.2) is 10.9 Å². The van der Waals surface area contributed by atoms with E-state index in [1.165, 1.54) is 4.88 Å². The highest BCUT2D eigenvalue weighted by atomic mass is 32.1. The van der Waals surface area contributed by atoms with E-state index in [4.69, 9.17) is 0 Å². The summed E-state index contributed by atoms with van der Waals surface area (Å²) in [5, 5.41) is 6.02. The fourth-order valence-electron chi connectivity index (χ4n) is 1.47. The molecule has 0 saturated heterocycles. The van der Waals surface area contributed by atoms with Crippen LogP contribution in [0.1, 0.15) is 24.4 Å². The Kier molecular flexibility index (Phi) is 4.14. The number of nitrogens with zero attached hydrogens (tertiary/aromatic N) is 1. The van der Waals surface area contributed by atoms with Crippen LogP contribution in [0.25, 0.3) is 9.88 Å². The van der Waals surface area contributed by atoms with E-state index in [9.17, 15) is 4.79 Å². The van der Waals surface area contributed by atoms with Crippen molar-refractivity contribution in [2.75, 3.05) is 0 Å². The summed E-state index contributed by atoms with van der Waals surface area (Å²) in [4.78, 5) is 18.4. The first-order valence-corrected chi connectivity index (χ1v) is 7.55. The summed E-state index contributed by atoms with van der Waals surface area (Å²) in [5.74, 6) is 0.107. The zero-order valence-corrected chi connectivity index (χ0v) is 12.3. The number of hydrogen-bond acceptors (Lipinski definition) is 4. The van der Waals surface area contributed by atoms with Crippen LogP contribution >= 0.6 is 22.7 Å². The van der Waals surface area contributed by atoms with E-state index in [1.54, 1.807) is 22.7 Å². The second kappa shape index (κ2) is 5.63. The molecule has 2 aromatic heterocycles. The van der Waals surface area contributed by atoms with Gasteiger partial charge < -0.3 is 5.32 Å². The number of thiophene rings is 1. The minimum Gasteiger partial charge on any atom is -0.351 e. The molecule has 0 radical (unpaired) electrons. The van der Waals surface area contributed by atoms with Crippen molar-refractivity contribution in [2.24, 2.45) is 5.92 Å². The van der Waals surface area contributed by atoms with Gasteiger partial charge in [0.05, 0.1) is 17.1 Å². The predicted molar refractivity (Wildman–Crippen MR) is 76.8 cm³/mol. The molecule has 0 spiro atoms. The molecule has 0 aliphatic carbocycles. The van der Waals surface area contributed by atoms with Crippen molar-refractivity contribution in [1.82, 2.24) is 10.3 Å². The number of carbonyl (C=O) groups is 1. The Morgan fingerprint density at radius 1 is 1.50 bits per heavy atom. The molecule has 18 heavy (non-hydrogen) atoms. The highest BCUT2D eigenvalue weighted by molar-refractivity contribution is 7.21. The van der Waals surface area contributed by atoms with Gasteiger partial charge in [-0.1, -0.05) is 19.9 Å². The molecule has 0 aliphatic heterocycles. The quantitative estimate of drug-likeness (QED) is 0.932. The Morgan fingerprint density at radius 3 is 2.89 bits per heavy atom. The summed E-state index contributed by atoms with van der Waals surface area (Å²) < 4.78 is 0. The fraction of sp³-hybridized carbons (Fsp3) is 0.385. The third kappa shape index (κ3) is 2.97. The van der Waals surface area contributed by atoms with Crippen LogP contribution in [0.3, 0.4) is 0 Å². The van der Waals surface area contributed by atoms with Crippen molar-refractivity contribution in [3.05, 3.63) is 28.1 Å². The first kappa shape index (κ1) is 13.2. The molecular formula is C13H16N2OS2. The smallest absolute Gasteiger partial charge is 0.222 e. The predicted octanol–water partition coefficient (Wildman–Crippen LogP) is 3.45. The molecule has 0 unspecified atom stereocenters. The first-order chi connectivity index (χ1) is 8.58. The van der Waals surface area contributed by atoms with Gasteiger partial charge in [0.1, 0.15) is 5.01 Å². The normalized spacial score (nSPS) is 10.9. The summed E-state index contributed by atoms with van der Waals surface area (Å²) in [6.07, 6.45) is 0. The second-order valence-electron chi connectivity index (χ2n) is 4.38. The number of hydrogen-bond donors (Lipinski definition) is 1. The number of aromatic nitrogens is 1. The summed E-state index contributed by atoms with van der Waals surface area (Å²) in [6.45, 7) is 6.36. The molecule has 0 atom stereocenters. The van der Waals surface area contributed by atoms with Crippen LogP contribution in [0.5, 0.6) is 0 Å². The molecule has 1 N–H and O–H groups in total. The van der Waals surface area contributed by atoms with E-state index < -0.39 is 0 Å². The zero-order chi connectivity index (χ0) is 13.1. The van der Waals surface area contributed by atoms with Crippen LogP contribution in [0.4, 0.5) is 0 Å². The number of aryl methyl sites for hydroxylation is 1. The van der Waals surface area contributed by atoms with Gasteiger partial charge >= 0.3 is 0 Å². The van der Waals surface area contributed by atoms with Gasteiger partial charge in [-0.3, -0.25) is 4.79 Å². The Bertz CT molecular complexity index is 529. The Labute approximate surface area is 115 Å². The number of carbonyl (C=O) groups excluding carboxylic acids is 1. The van der Waals surface area contributed by atoms with Crippen LogP contribution < -0.4 is 5.32 Å². The minimum atomic E-state index is 0.0231. The highest BCUT2D eigenvalue weighted by Gasteiger charge is 2.12. The lowest BCUT2D eigenvalue weighted by molar-refractivity contribution is -0.124. The van der Waals surface area contributed by atoms with Crippen molar-refractivity contribution < 1.29 is 4.79 Å². The molecule has 0 saturated carbocycles. The summed E-state index contributed by atoms with van der Waals surface area (Å²) in [7, 11) is 0. The lowest BCUT2D eigenvalue weighted by Crippen LogP contribution is -2.26. The van der Waals surface area contributed by atoms with Crippen molar-refractivity contribution in [1.29, 1.82) is 0 Å². The number of rotatable bonds is 4. The van der Waals surface area contributed by atoms with Gasteiger partial charge in [0, 0.05) is 10.8 Å². The molecule has 2 aromatic rings. The van der Waals surface area contributed by atoms with Gasteiger partial charge in [0.25, 0.3) is 0 Å². The Balaban J connectivity index is 2.08. The van der Waals surface area contributed by atoms with Crippen molar-refractivity contribution in [3.8, 4) is 9.88 Å². The fourth-order valence-corrected chi connectivity index (χ4v) is 3.27. The summed E-state index contributed by atoms with van der Waals surface area (Å²) >= 11 is 3.34. The molecule has 1 amide bonds. The maximum atomic E-state index is 11.5. The summed E-state index contributed by atoms with van der Waals surface area (Å²) in [5.41, 5.74) is 1.01. The van der Waals surface area contributed by atoms with Gasteiger partial charge in [-0.05, 0) is 18.4 Å². The van der Waals surface area contributed by atoms with Gasteiger partial charge in [-0.15, -0.1) is 22.7 Å². The maximum Gasteiger partial charge on any atom is 0.222 e. The van der Waals surface area contributed by atoms with E-state index in [1.807, 2.05) is 32.2 Å². The second-order valence-corrected chi connectivity index (χ2v) is 6.41. The topological polar surface area (TPSA) is 42.0 Å². The first-order valence-electron chi connectivity index (χ1n) is 5.86. The van der Waals surface area contributed by atoms with E-state index in [-0.39, 0.29) is 11.8 Å². The van der Waals surface area contributed by atoms with E-state index in [0.717, 1.165) is 15.6 Å². The number of amides is 1. The van der Waals surface area contributed by atoms with Crippen molar-refractivity contribution >= 4 is 28.6 Å². The highest BCUT2D eigenvalue weighted by Crippen LogP contribution is 2.30. The minimum absolute atomic E-state index is 0.0231. The molecule has 5 heteroatoms. The van der Waals surface area contributed by atoms with E-state index in [0.29, 0.717) is 6.54 Å². The van der Waals surface area contributed by atoms with Crippen LogP contribution in [0.15, 0.2) is 17.5 Å². The average molecular weight is 280 g/mol. The molecule has 3 nitrogen and oxygen atoms in total. The Morgan fingerprint density at radius 2 is 2.28 bits per heavy atom. The molecular weight excluding hydrogens is 264 g/mol. The van der Waals surface area contributed by atoms with Gasteiger partial charge in [0.15, 0.2) is 0 Å². The maximum absolute atomic E-state index is 11.5. The standard InChI is InChI=1S/C13H16N2OS2/c1-8(2)12(16)14-7-11-9(3)15-13(18-11)10-5-4-6-17-10/h4-6,8H,7H2,1-3H3,(H,14,16). The molecule has 2 heterocycles. The lowest BCUT2D eigenvalue weighted by atomic mass is 10.2. The van der Waals surface area contributed by atoms with Gasteiger partial charge in [0.2, 0.25) is 5.91 Å². The molecule has 0 aromatic carbocycles. The number of nitrogens with one attached hydrogen (secondary N) is 1.